The summed E-state index contributed by atoms with van der Waals surface area (Å²) in [7, 11) is 1.47. The van der Waals surface area contributed by atoms with Gasteiger partial charge in [-0.15, -0.1) is 22.7 Å². The number of ether oxygens (including phenoxy) is 1. The highest BCUT2D eigenvalue weighted by atomic mass is 32.1. The van der Waals surface area contributed by atoms with Crippen LogP contribution in [-0.4, -0.2) is 22.2 Å². The maximum atomic E-state index is 13.1. The first kappa shape index (κ1) is 14.8. The second-order valence-corrected chi connectivity index (χ2v) is 6.10. The summed E-state index contributed by atoms with van der Waals surface area (Å²) in [5, 5.41) is 11.5. The zero-order chi connectivity index (χ0) is 15.9. The quantitative estimate of drug-likeness (QED) is 0.789. The van der Waals surface area contributed by atoms with Crippen LogP contribution in [0.5, 0.6) is 11.6 Å². The summed E-state index contributed by atoms with van der Waals surface area (Å²) in [5.41, 5.74) is -1.31. The van der Waals surface area contributed by atoms with E-state index < -0.39 is 23.2 Å². The first-order valence-corrected chi connectivity index (χ1v) is 7.64. The molecule has 114 valence electrons. The number of thiazole rings is 1. The van der Waals surface area contributed by atoms with Gasteiger partial charge in [0.1, 0.15) is 15.6 Å². The van der Waals surface area contributed by atoms with Crippen LogP contribution in [0.3, 0.4) is 0 Å². The van der Waals surface area contributed by atoms with Crippen LogP contribution in [0.15, 0.2) is 22.4 Å². The highest BCUT2D eigenvalue weighted by Crippen LogP contribution is 2.37. The summed E-state index contributed by atoms with van der Waals surface area (Å²) in [4.78, 5) is 20.9. The number of pyridine rings is 1. The zero-order valence-electron chi connectivity index (χ0n) is 11.0. The van der Waals surface area contributed by atoms with Crippen molar-refractivity contribution in [3.8, 4) is 21.5 Å². The van der Waals surface area contributed by atoms with Gasteiger partial charge in [0.05, 0.1) is 34.5 Å². The first-order valence-electron chi connectivity index (χ1n) is 5.95. The number of halogens is 2. The Hall–Kier alpha value is -2.13. The predicted octanol–water partition coefficient (Wildman–Crippen LogP) is 3.43. The third kappa shape index (κ3) is 2.42. The molecule has 0 atom stereocenters. The fourth-order valence-electron chi connectivity index (χ4n) is 1.93. The molecular formula is C13H8F2N2O3S2. The Bertz CT molecular complexity index is 908. The van der Waals surface area contributed by atoms with Crippen LogP contribution < -0.4 is 10.2 Å². The Balaban J connectivity index is 2.26. The predicted molar refractivity (Wildman–Crippen MR) is 80.2 cm³/mol. The normalized spacial score (nSPS) is 11.3. The summed E-state index contributed by atoms with van der Waals surface area (Å²) < 4.78 is 31.1. The molecule has 3 aromatic heterocycles. The van der Waals surface area contributed by atoms with Crippen LogP contribution in [0.1, 0.15) is 12.0 Å². The van der Waals surface area contributed by atoms with Gasteiger partial charge in [0.2, 0.25) is 5.88 Å². The molecule has 0 aliphatic rings. The van der Waals surface area contributed by atoms with Crippen molar-refractivity contribution in [2.24, 2.45) is 0 Å². The Labute approximate surface area is 130 Å². The molecule has 0 fully saturated rings. The van der Waals surface area contributed by atoms with Crippen molar-refractivity contribution >= 4 is 32.9 Å². The van der Waals surface area contributed by atoms with Gasteiger partial charge in [-0.3, -0.25) is 4.79 Å². The molecular weight excluding hydrogens is 334 g/mol. The number of aromatic nitrogens is 2. The fourth-order valence-corrected chi connectivity index (χ4v) is 3.80. The molecule has 5 nitrogen and oxygen atoms in total. The number of fused-ring (bicyclic) bond motifs is 1. The molecule has 0 aromatic carbocycles. The largest absolute Gasteiger partial charge is 0.506 e. The average molecular weight is 342 g/mol. The molecule has 0 amide bonds. The number of methoxy groups -OCH3 is 1. The second-order valence-electron chi connectivity index (χ2n) is 4.21. The number of nitrogens with zero attached hydrogens (tertiary/aromatic N) is 2. The summed E-state index contributed by atoms with van der Waals surface area (Å²) in [5.74, 6) is -0.276. The Morgan fingerprint density at radius 3 is 2.82 bits per heavy atom. The lowest BCUT2D eigenvalue weighted by Crippen LogP contribution is -2.04. The molecule has 0 aliphatic carbocycles. The van der Waals surface area contributed by atoms with Gasteiger partial charge in [-0.25, -0.2) is 18.7 Å². The lowest BCUT2D eigenvalue weighted by atomic mass is 10.1. The lowest BCUT2D eigenvalue weighted by Gasteiger charge is -2.07. The van der Waals surface area contributed by atoms with Crippen LogP contribution in [0, 0.1) is 0 Å². The van der Waals surface area contributed by atoms with E-state index in [1.807, 2.05) is 0 Å². The topological polar surface area (TPSA) is 72.3 Å². The van der Waals surface area contributed by atoms with E-state index in [1.54, 1.807) is 5.38 Å². The smallest absolute Gasteiger partial charge is 0.268 e. The van der Waals surface area contributed by atoms with E-state index in [9.17, 15) is 18.7 Å². The van der Waals surface area contributed by atoms with Gasteiger partial charge in [-0.05, 0) is 0 Å². The Kier molecular flexibility index (Phi) is 3.75. The van der Waals surface area contributed by atoms with Crippen LogP contribution in [-0.2, 0) is 0 Å². The maximum absolute atomic E-state index is 13.1. The zero-order valence-corrected chi connectivity index (χ0v) is 12.7. The molecule has 0 bridgehead atoms. The molecule has 0 aliphatic heterocycles. The fraction of sp³-hybridized carbons (Fsp3) is 0.154. The highest BCUT2D eigenvalue weighted by Gasteiger charge is 2.21. The molecule has 9 heteroatoms. The van der Waals surface area contributed by atoms with E-state index in [4.69, 9.17) is 4.74 Å². The molecule has 3 aromatic rings. The van der Waals surface area contributed by atoms with Gasteiger partial charge in [-0.2, -0.15) is 0 Å². The minimum absolute atomic E-state index is 0.129. The minimum Gasteiger partial charge on any atom is -0.506 e. The summed E-state index contributed by atoms with van der Waals surface area (Å²) in [6.07, 6.45) is -2.04. The SMILES string of the molecule is COc1csc(-c2cc(=O)c3c(C(F)F)c(O)cnc3s2)n1. The van der Waals surface area contributed by atoms with Gasteiger partial charge < -0.3 is 9.84 Å². The molecule has 0 saturated carbocycles. The van der Waals surface area contributed by atoms with E-state index in [2.05, 4.69) is 9.97 Å². The summed E-state index contributed by atoms with van der Waals surface area (Å²) in [6.45, 7) is 0. The van der Waals surface area contributed by atoms with Crippen molar-refractivity contribution in [2.45, 2.75) is 6.43 Å². The Morgan fingerprint density at radius 1 is 1.41 bits per heavy atom. The molecule has 0 saturated heterocycles. The van der Waals surface area contributed by atoms with Crippen molar-refractivity contribution in [2.75, 3.05) is 7.11 Å². The summed E-state index contributed by atoms with van der Waals surface area (Å²) >= 11 is 2.32. The third-order valence-electron chi connectivity index (χ3n) is 2.90. The first-order chi connectivity index (χ1) is 10.5. The lowest BCUT2D eigenvalue weighted by molar-refractivity contribution is 0.149. The molecule has 22 heavy (non-hydrogen) atoms. The molecule has 1 N–H and O–H groups in total. The number of rotatable bonds is 3. The molecule has 0 radical (unpaired) electrons. The summed E-state index contributed by atoms with van der Waals surface area (Å²) in [6, 6.07) is 1.22. The van der Waals surface area contributed by atoms with Gasteiger partial charge >= 0.3 is 0 Å². The van der Waals surface area contributed by atoms with Crippen molar-refractivity contribution in [1.29, 1.82) is 0 Å². The van der Waals surface area contributed by atoms with E-state index in [1.165, 1.54) is 24.5 Å². The van der Waals surface area contributed by atoms with Crippen LogP contribution in [0.2, 0.25) is 0 Å². The number of hydrogen-bond donors (Lipinski definition) is 1. The van der Waals surface area contributed by atoms with Crippen LogP contribution in [0.4, 0.5) is 8.78 Å². The van der Waals surface area contributed by atoms with E-state index in [0.717, 1.165) is 17.5 Å². The maximum Gasteiger partial charge on any atom is 0.268 e. The monoisotopic (exact) mass is 342 g/mol. The molecule has 0 unspecified atom stereocenters. The second kappa shape index (κ2) is 5.58. The van der Waals surface area contributed by atoms with Gasteiger partial charge in [0.15, 0.2) is 5.43 Å². The van der Waals surface area contributed by atoms with Crippen molar-refractivity contribution < 1.29 is 18.6 Å². The van der Waals surface area contributed by atoms with Gasteiger partial charge in [0.25, 0.3) is 6.43 Å². The standard InChI is InChI=1S/C13H8F2N2O3S2/c1-20-8-4-21-12(17-8)7-2-5(18)10-9(11(14)15)6(19)3-16-13(10)22-7/h2-4,11,19H,1H3. The number of alkyl halides is 2. The minimum atomic E-state index is -2.96. The highest BCUT2D eigenvalue weighted by molar-refractivity contribution is 7.24. The van der Waals surface area contributed by atoms with Gasteiger partial charge in [-0.1, -0.05) is 0 Å². The molecule has 3 heterocycles. The van der Waals surface area contributed by atoms with Crippen molar-refractivity contribution in [3.63, 3.8) is 0 Å². The van der Waals surface area contributed by atoms with Gasteiger partial charge in [0, 0.05) is 6.07 Å². The van der Waals surface area contributed by atoms with Crippen molar-refractivity contribution in [3.05, 3.63) is 33.4 Å². The van der Waals surface area contributed by atoms with Crippen molar-refractivity contribution in [1.82, 2.24) is 9.97 Å². The van der Waals surface area contributed by atoms with E-state index in [-0.39, 0.29) is 10.2 Å². The molecule has 3 rings (SSSR count). The van der Waals surface area contributed by atoms with E-state index in [0.29, 0.717) is 15.8 Å². The average Bonchev–Trinajstić information content (AvgIpc) is 2.96. The van der Waals surface area contributed by atoms with Crippen LogP contribution >= 0.6 is 22.7 Å². The molecule has 0 spiro atoms. The Morgan fingerprint density at radius 2 is 2.18 bits per heavy atom. The van der Waals surface area contributed by atoms with E-state index >= 15 is 0 Å². The third-order valence-corrected chi connectivity index (χ3v) is 4.92. The number of aromatic hydroxyl groups is 1. The van der Waals surface area contributed by atoms with Crippen LogP contribution in [0.25, 0.3) is 20.1 Å². The number of hydrogen-bond acceptors (Lipinski definition) is 7.